The summed E-state index contributed by atoms with van der Waals surface area (Å²) >= 11 is 5.64. The number of halogens is 4. The van der Waals surface area contributed by atoms with E-state index in [-0.39, 0.29) is 5.69 Å². The number of piperidine rings is 1. The van der Waals surface area contributed by atoms with E-state index in [2.05, 4.69) is 25.2 Å². The maximum absolute atomic E-state index is 13.2. The number of pyridine rings is 1. The van der Waals surface area contributed by atoms with Crippen molar-refractivity contribution in [2.75, 3.05) is 36.8 Å². The predicted octanol–water partition coefficient (Wildman–Crippen LogP) is 6.44. The normalized spacial score (nSPS) is 15.1. The molecule has 41 heavy (non-hydrogen) atoms. The van der Waals surface area contributed by atoms with Crippen LogP contribution in [0.2, 0.25) is 5.02 Å². The summed E-state index contributed by atoms with van der Waals surface area (Å²) in [6, 6.07) is 11.1. The largest absolute Gasteiger partial charge is 0.417 e. The average molecular weight is 605 g/mol. The van der Waals surface area contributed by atoms with Gasteiger partial charge in [-0.3, -0.25) is 4.98 Å². The number of hydrogen-bond donors (Lipinski definition) is 3. The molecule has 216 valence electrons. The third-order valence-corrected chi connectivity index (χ3v) is 8.33. The first-order valence-electron chi connectivity index (χ1n) is 13.1. The Bertz CT molecular complexity index is 1550. The van der Waals surface area contributed by atoms with Crippen molar-refractivity contribution in [3.8, 4) is 5.69 Å². The molecule has 1 atom stereocenters. The number of carbonyl (C=O) groups excluding carboxylic acids is 1. The second kappa shape index (κ2) is 12.6. The minimum atomic E-state index is -4.64. The Morgan fingerprint density at radius 3 is 2.44 bits per heavy atom. The van der Waals surface area contributed by atoms with Crippen LogP contribution in [0.3, 0.4) is 0 Å². The smallest absolute Gasteiger partial charge is 0.314 e. The fraction of sp³-hybridized carbons (Fsp3) is 0.286. The van der Waals surface area contributed by atoms with Gasteiger partial charge in [-0.1, -0.05) is 18.0 Å². The number of likely N-dealkylation sites (tertiary alicyclic amines) is 1. The molecular weight excluding hydrogens is 577 g/mol. The lowest BCUT2D eigenvalue weighted by atomic mass is 10.1. The fourth-order valence-corrected chi connectivity index (χ4v) is 6.01. The van der Waals surface area contributed by atoms with Gasteiger partial charge in [0.05, 0.1) is 27.2 Å². The quantitative estimate of drug-likeness (QED) is 0.216. The summed E-state index contributed by atoms with van der Waals surface area (Å²) in [6.07, 6.45) is 4.19. The standard InChI is InChI=1S/C28H28ClF3N6O2S/c29-24-9-6-20(16-23(24)28(30,31)32)36-27(39)35-19-4-7-21(8-5-19)38-18-26(22-10-11-33-17-25(22)38)41(40)34-12-15-37-13-2-1-3-14-37/h4-11,16-18,34H,1-3,12-15H2,(H2,35,36,39). The van der Waals surface area contributed by atoms with E-state index in [0.717, 1.165) is 48.4 Å². The van der Waals surface area contributed by atoms with E-state index in [1.54, 1.807) is 36.7 Å². The highest BCUT2D eigenvalue weighted by molar-refractivity contribution is 7.83. The van der Waals surface area contributed by atoms with Gasteiger partial charge in [0, 0.05) is 47.9 Å². The van der Waals surface area contributed by atoms with Crippen LogP contribution in [-0.4, -0.2) is 50.9 Å². The number of aromatic nitrogens is 2. The molecular formula is C28H28ClF3N6O2S. The SMILES string of the molecule is O=C(Nc1ccc(-n2cc(S(=O)NCCN3CCCCC3)c3ccncc32)cc1)Nc1ccc(Cl)c(C(F)(F)F)c1. The summed E-state index contributed by atoms with van der Waals surface area (Å²) in [5, 5.41) is 5.35. The van der Waals surface area contributed by atoms with Crippen LogP contribution in [0, 0.1) is 0 Å². The van der Waals surface area contributed by atoms with Crippen molar-refractivity contribution in [3.05, 3.63) is 77.7 Å². The first-order chi connectivity index (χ1) is 19.7. The van der Waals surface area contributed by atoms with Crippen molar-refractivity contribution in [1.82, 2.24) is 19.2 Å². The summed E-state index contributed by atoms with van der Waals surface area (Å²) in [4.78, 5) is 19.7. The molecule has 0 spiro atoms. The molecule has 2 aromatic heterocycles. The Morgan fingerprint density at radius 2 is 1.71 bits per heavy atom. The van der Waals surface area contributed by atoms with E-state index in [4.69, 9.17) is 11.6 Å². The summed E-state index contributed by atoms with van der Waals surface area (Å²) < 4.78 is 57.6. The maximum Gasteiger partial charge on any atom is 0.417 e. The van der Waals surface area contributed by atoms with Crippen LogP contribution in [-0.2, 0) is 17.2 Å². The van der Waals surface area contributed by atoms with Crippen molar-refractivity contribution in [3.63, 3.8) is 0 Å². The van der Waals surface area contributed by atoms with Gasteiger partial charge in [0.2, 0.25) is 0 Å². The van der Waals surface area contributed by atoms with Crippen molar-refractivity contribution >= 4 is 50.9 Å². The van der Waals surface area contributed by atoms with E-state index in [1.165, 1.54) is 25.3 Å². The molecule has 2 aromatic carbocycles. The second-order valence-electron chi connectivity index (χ2n) is 9.64. The van der Waals surface area contributed by atoms with E-state index in [9.17, 15) is 22.2 Å². The van der Waals surface area contributed by atoms with Gasteiger partial charge >= 0.3 is 12.2 Å². The lowest BCUT2D eigenvalue weighted by Gasteiger charge is -2.26. The second-order valence-corrected chi connectivity index (χ2v) is 11.3. The molecule has 3 heterocycles. The zero-order chi connectivity index (χ0) is 29.0. The molecule has 2 amide bonds. The number of alkyl halides is 3. The number of benzene rings is 2. The van der Waals surface area contributed by atoms with Crippen molar-refractivity contribution in [2.24, 2.45) is 0 Å². The zero-order valence-electron chi connectivity index (χ0n) is 21.9. The number of anilines is 2. The highest BCUT2D eigenvalue weighted by atomic mass is 35.5. The Morgan fingerprint density at radius 1 is 1.00 bits per heavy atom. The molecule has 0 bridgehead atoms. The highest BCUT2D eigenvalue weighted by Crippen LogP contribution is 2.36. The summed E-state index contributed by atoms with van der Waals surface area (Å²) in [6.45, 7) is 3.60. The van der Waals surface area contributed by atoms with Crippen LogP contribution in [0.1, 0.15) is 24.8 Å². The Kier molecular flexibility index (Phi) is 8.93. The number of hydrogen-bond acceptors (Lipinski definition) is 4. The van der Waals surface area contributed by atoms with Crippen LogP contribution < -0.4 is 15.4 Å². The van der Waals surface area contributed by atoms with E-state index in [0.29, 0.717) is 17.1 Å². The Balaban J connectivity index is 1.26. The van der Waals surface area contributed by atoms with Crippen molar-refractivity contribution < 1.29 is 22.2 Å². The zero-order valence-corrected chi connectivity index (χ0v) is 23.5. The van der Waals surface area contributed by atoms with Gasteiger partial charge in [-0.15, -0.1) is 0 Å². The molecule has 4 aromatic rings. The van der Waals surface area contributed by atoms with E-state index < -0.39 is 33.8 Å². The van der Waals surface area contributed by atoms with Gasteiger partial charge in [-0.2, -0.15) is 13.2 Å². The Labute approximate surface area is 242 Å². The van der Waals surface area contributed by atoms with Gasteiger partial charge in [0.25, 0.3) is 0 Å². The number of nitrogens with one attached hydrogen (secondary N) is 3. The van der Waals surface area contributed by atoms with Crippen LogP contribution in [0.4, 0.5) is 29.3 Å². The average Bonchev–Trinajstić information content (AvgIpc) is 3.34. The van der Waals surface area contributed by atoms with Crippen LogP contribution in [0.25, 0.3) is 16.6 Å². The number of rotatable bonds is 8. The van der Waals surface area contributed by atoms with Crippen LogP contribution in [0.15, 0.2) is 72.0 Å². The molecule has 0 radical (unpaired) electrons. The molecule has 1 fully saturated rings. The molecule has 1 saturated heterocycles. The van der Waals surface area contributed by atoms with Gasteiger partial charge in [-0.05, 0) is 74.5 Å². The van der Waals surface area contributed by atoms with Crippen molar-refractivity contribution in [1.29, 1.82) is 0 Å². The molecule has 0 saturated carbocycles. The van der Waals surface area contributed by atoms with E-state index >= 15 is 0 Å². The summed E-state index contributed by atoms with van der Waals surface area (Å²) in [5.41, 5.74) is 0.863. The molecule has 3 N–H and O–H groups in total. The summed E-state index contributed by atoms with van der Waals surface area (Å²) in [5.74, 6) is 0. The minimum Gasteiger partial charge on any atom is -0.314 e. The van der Waals surface area contributed by atoms with E-state index in [1.807, 2.05) is 16.8 Å². The maximum atomic E-state index is 13.2. The van der Waals surface area contributed by atoms with Gasteiger partial charge in [-0.25, -0.2) is 13.7 Å². The number of amides is 2. The molecule has 1 unspecified atom stereocenters. The van der Waals surface area contributed by atoms with Crippen LogP contribution in [0.5, 0.6) is 0 Å². The lowest BCUT2D eigenvalue weighted by molar-refractivity contribution is -0.137. The number of carbonyl (C=O) groups is 1. The van der Waals surface area contributed by atoms with Gasteiger partial charge in [0.1, 0.15) is 11.0 Å². The first kappa shape index (κ1) is 29.1. The van der Waals surface area contributed by atoms with Gasteiger partial charge in [0.15, 0.2) is 0 Å². The number of fused-ring (bicyclic) bond motifs is 1. The Hall–Kier alpha value is -3.45. The minimum absolute atomic E-state index is 0.0489. The van der Waals surface area contributed by atoms with Crippen LogP contribution >= 0.6 is 11.6 Å². The molecule has 0 aliphatic carbocycles. The highest BCUT2D eigenvalue weighted by Gasteiger charge is 2.33. The summed E-state index contributed by atoms with van der Waals surface area (Å²) in [7, 11) is -1.43. The van der Waals surface area contributed by atoms with Crippen molar-refractivity contribution in [2.45, 2.75) is 30.3 Å². The molecule has 13 heteroatoms. The number of urea groups is 1. The third-order valence-electron chi connectivity index (χ3n) is 6.81. The topological polar surface area (TPSA) is 91.3 Å². The molecule has 8 nitrogen and oxygen atoms in total. The predicted molar refractivity (Wildman–Crippen MR) is 155 cm³/mol. The number of nitrogens with zero attached hydrogens (tertiary/aromatic N) is 3. The molecule has 5 rings (SSSR count). The molecule has 1 aliphatic heterocycles. The van der Waals surface area contributed by atoms with Gasteiger partial charge < -0.3 is 20.1 Å². The fourth-order valence-electron chi connectivity index (χ4n) is 4.78. The molecule has 1 aliphatic rings. The lowest BCUT2D eigenvalue weighted by Crippen LogP contribution is -2.36. The first-order valence-corrected chi connectivity index (χ1v) is 14.6. The third kappa shape index (κ3) is 7.07. The monoisotopic (exact) mass is 604 g/mol.